The number of benzene rings is 1. The van der Waals surface area contributed by atoms with Gasteiger partial charge in [-0.15, -0.1) is 0 Å². The molecule has 0 amide bonds. The third-order valence-corrected chi connectivity index (χ3v) is 2.70. The molecule has 0 saturated carbocycles. The Labute approximate surface area is 99.1 Å². The number of hydrogen-bond acceptors (Lipinski definition) is 3. The summed E-state index contributed by atoms with van der Waals surface area (Å²) in [5.41, 5.74) is 1.50. The van der Waals surface area contributed by atoms with Crippen molar-refractivity contribution in [1.29, 1.82) is 0 Å². The minimum absolute atomic E-state index is 0.359. The minimum Gasteiger partial charge on any atom is -0.294 e. The van der Waals surface area contributed by atoms with Gasteiger partial charge in [0.1, 0.15) is 5.92 Å². The van der Waals surface area contributed by atoms with Crippen LogP contribution in [-0.4, -0.2) is 17.3 Å². The number of rotatable bonds is 2. The lowest BCUT2D eigenvalue weighted by Gasteiger charge is -2.01. The van der Waals surface area contributed by atoms with Gasteiger partial charge in [-0.25, -0.2) is 0 Å². The van der Waals surface area contributed by atoms with Crippen molar-refractivity contribution in [3.63, 3.8) is 0 Å². The molecule has 0 bridgehead atoms. The Morgan fingerprint density at radius 2 is 1.53 bits per heavy atom. The predicted octanol–water partition coefficient (Wildman–Crippen LogP) is 2.22. The van der Waals surface area contributed by atoms with E-state index in [0.29, 0.717) is 11.1 Å². The normalized spacial score (nSPS) is 14.7. The van der Waals surface area contributed by atoms with Crippen molar-refractivity contribution in [2.75, 3.05) is 0 Å². The van der Waals surface area contributed by atoms with Crippen LogP contribution < -0.4 is 0 Å². The third kappa shape index (κ3) is 1.84. The highest BCUT2D eigenvalue weighted by Gasteiger charge is 2.41. The highest BCUT2D eigenvalue weighted by atomic mass is 16.2. The second-order valence-corrected chi connectivity index (χ2v) is 4.33. The van der Waals surface area contributed by atoms with Gasteiger partial charge in [0, 0.05) is 11.1 Å². The second kappa shape index (κ2) is 4.09. The average molecular weight is 228 g/mol. The molecule has 1 aromatic carbocycles. The zero-order chi connectivity index (χ0) is 12.6. The lowest BCUT2D eigenvalue weighted by Crippen LogP contribution is -2.24. The molecule has 0 unspecified atom stereocenters. The minimum atomic E-state index is -1.16. The van der Waals surface area contributed by atoms with Crippen molar-refractivity contribution in [3.8, 4) is 0 Å². The number of carbonyl (C=O) groups is 3. The van der Waals surface area contributed by atoms with Crippen molar-refractivity contribution in [3.05, 3.63) is 47.0 Å². The number of fused-ring (bicyclic) bond motifs is 1. The van der Waals surface area contributed by atoms with E-state index in [-0.39, 0.29) is 11.6 Å². The Morgan fingerprint density at radius 1 is 1.06 bits per heavy atom. The lowest BCUT2D eigenvalue weighted by molar-refractivity contribution is -0.115. The zero-order valence-corrected chi connectivity index (χ0v) is 9.69. The molecule has 1 aromatic rings. The standard InChI is InChI=1S/C14H12O3/c1-8(2)7-11(15)12-13(16)9-5-3-4-6-10(9)14(12)17/h3-7,12H,1-2H3. The van der Waals surface area contributed by atoms with Crippen LogP contribution in [0.3, 0.4) is 0 Å². The summed E-state index contributed by atoms with van der Waals surface area (Å²) < 4.78 is 0. The van der Waals surface area contributed by atoms with E-state index < -0.39 is 11.7 Å². The van der Waals surface area contributed by atoms with E-state index in [9.17, 15) is 14.4 Å². The first-order chi connectivity index (χ1) is 8.02. The maximum atomic E-state index is 12.0. The average Bonchev–Trinajstić information content (AvgIpc) is 2.51. The predicted molar refractivity (Wildman–Crippen MR) is 63.0 cm³/mol. The van der Waals surface area contributed by atoms with Crippen LogP contribution in [0.1, 0.15) is 34.6 Å². The fraction of sp³-hybridized carbons (Fsp3) is 0.214. The van der Waals surface area contributed by atoms with Crippen LogP contribution in [0.4, 0.5) is 0 Å². The molecular weight excluding hydrogens is 216 g/mol. The first-order valence-electron chi connectivity index (χ1n) is 5.38. The topological polar surface area (TPSA) is 51.2 Å². The van der Waals surface area contributed by atoms with Gasteiger partial charge in [-0.05, 0) is 19.9 Å². The van der Waals surface area contributed by atoms with Crippen molar-refractivity contribution in [2.45, 2.75) is 13.8 Å². The molecule has 1 aliphatic rings. The van der Waals surface area contributed by atoms with Crippen LogP contribution in [0.5, 0.6) is 0 Å². The fourth-order valence-corrected chi connectivity index (χ4v) is 1.97. The largest absolute Gasteiger partial charge is 0.294 e. The molecule has 0 spiro atoms. The van der Waals surface area contributed by atoms with E-state index in [1.807, 2.05) is 0 Å². The van der Waals surface area contributed by atoms with Gasteiger partial charge in [0.05, 0.1) is 0 Å². The Balaban J connectivity index is 2.43. The van der Waals surface area contributed by atoms with Gasteiger partial charge in [-0.2, -0.15) is 0 Å². The molecule has 2 rings (SSSR count). The summed E-state index contributed by atoms with van der Waals surface area (Å²) in [6.07, 6.45) is 1.35. The van der Waals surface area contributed by atoms with Gasteiger partial charge in [-0.1, -0.05) is 29.8 Å². The second-order valence-electron chi connectivity index (χ2n) is 4.33. The quantitative estimate of drug-likeness (QED) is 0.576. The van der Waals surface area contributed by atoms with Crippen molar-refractivity contribution in [2.24, 2.45) is 5.92 Å². The molecule has 1 aliphatic carbocycles. The van der Waals surface area contributed by atoms with Crippen LogP contribution in [-0.2, 0) is 4.79 Å². The number of Topliss-reactive ketones (excluding diaryl/α,β-unsaturated/α-hetero) is 2. The van der Waals surface area contributed by atoms with E-state index >= 15 is 0 Å². The van der Waals surface area contributed by atoms with Crippen LogP contribution in [0, 0.1) is 5.92 Å². The molecule has 0 fully saturated rings. The summed E-state index contributed by atoms with van der Waals surface area (Å²) in [5, 5.41) is 0. The maximum absolute atomic E-state index is 12.0. The van der Waals surface area contributed by atoms with Gasteiger partial charge in [0.25, 0.3) is 0 Å². The summed E-state index contributed by atoms with van der Waals surface area (Å²) in [5.74, 6) is -2.35. The molecule has 17 heavy (non-hydrogen) atoms. The summed E-state index contributed by atoms with van der Waals surface area (Å²) in [6, 6.07) is 6.56. The molecule has 3 heteroatoms. The SMILES string of the molecule is CC(C)=CC(=O)C1C(=O)c2ccccc2C1=O. The smallest absolute Gasteiger partial charge is 0.182 e. The van der Waals surface area contributed by atoms with E-state index in [1.165, 1.54) is 6.08 Å². The van der Waals surface area contributed by atoms with Gasteiger partial charge >= 0.3 is 0 Å². The van der Waals surface area contributed by atoms with E-state index in [2.05, 4.69) is 0 Å². The van der Waals surface area contributed by atoms with E-state index in [1.54, 1.807) is 38.1 Å². The summed E-state index contributed by atoms with van der Waals surface area (Å²) >= 11 is 0. The van der Waals surface area contributed by atoms with Gasteiger partial charge in [0.15, 0.2) is 17.3 Å². The van der Waals surface area contributed by atoms with E-state index in [0.717, 1.165) is 5.57 Å². The molecule has 0 heterocycles. The maximum Gasteiger partial charge on any atom is 0.182 e. The van der Waals surface area contributed by atoms with Crippen molar-refractivity contribution >= 4 is 17.3 Å². The molecule has 0 aliphatic heterocycles. The Hall–Kier alpha value is -2.03. The molecule has 0 saturated heterocycles. The van der Waals surface area contributed by atoms with Gasteiger partial charge in [-0.3, -0.25) is 14.4 Å². The van der Waals surface area contributed by atoms with Gasteiger partial charge in [0.2, 0.25) is 0 Å². The fourth-order valence-electron chi connectivity index (χ4n) is 1.97. The molecule has 3 nitrogen and oxygen atoms in total. The number of carbonyl (C=O) groups excluding carboxylic acids is 3. The molecular formula is C14H12O3. The molecule has 86 valence electrons. The van der Waals surface area contributed by atoms with Crippen LogP contribution in [0.15, 0.2) is 35.9 Å². The third-order valence-electron chi connectivity index (χ3n) is 2.70. The van der Waals surface area contributed by atoms with Crippen LogP contribution >= 0.6 is 0 Å². The van der Waals surface area contributed by atoms with Crippen molar-refractivity contribution in [1.82, 2.24) is 0 Å². The Kier molecular flexibility index (Phi) is 2.76. The Bertz CT molecular complexity index is 513. The molecule has 0 aromatic heterocycles. The first-order valence-corrected chi connectivity index (χ1v) is 5.38. The van der Waals surface area contributed by atoms with Crippen LogP contribution in [0.25, 0.3) is 0 Å². The summed E-state index contributed by atoms with van der Waals surface area (Å²) in [6.45, 7) is 3.52. The highest BCUT2D eigenvalue weighted by Crippen LogP contribution is 2.27. The number of hydrogen-bond donors (Lipinski definition) is 0. The molecule has 0 radical (unpaired) electrons. The first kappa shape index (κ1) is 11.5. The summed E-state index contributed by atoms with van der Waals surface area (Å²) in [4.78, 5) is 35.7. The molecule has 0 N–H and O–H groups in total. The lowest BCUT2D eigenvalue weighted by atomic mass is 9.97. The number of ketones is 3. The molecule has 0 atom stereocenters. The highest BCUT2D eigenvalue weighted by molar-refractivity contribution is 6.37. The van der Waals surface area contributed by atoms with Crippen molar-refractivity contribution < 1.29 is 14.4 Å². The zero-order valence-electron chi connectivity index (χ0n) is 9.69. The van der Waals surface area contributed by atoms with Crippen LogP contribution in [0.2, 0.25) is 0 Å². The van der Waals surface area contributed by atoms with E-state index in [4.69, 9.17) is 0 Å². The van der Waals surface area contributed by atoms with Gasteiger partial charge < -0.3 is 0 Å². The number of allylic oxidation sites excluding steroid dienone is 2. The Morgan fingerprint density at radius 3 is 1.94 bits per heavy atom. The monoisotopic (exact) mass is 228 g/mol. The summed E-state index contributed by atoms with van der Waals surface area (Å²) in [7, 11) is 0.